The third-order valence-corrected chi connectivity index (χ3v) is 7.59. The lowest BCUT2D eigenvalue weighted by molar-refractivity contribution is -0.0379. The quantitative estimate of drug-likeness (QED) is 0.293. The van der Waals surface area contributed by atoms with Crippen molar-refractivity contribution in [2.24, 2.45) is 0 Å². The number of thioether (sulfide) groups is 1. The minimum Gasteiger partial charge on any atom is -0.370 e. The molecular weight excluding hydrogens is 424 g/mol. The van der Waals surface area contributed by atoms with Gasteiger partial charge in [-0.2, -0.15) is 0 Å². The van der Waals surface area contributed by atoms with Gasteiger partial charge in [-0.05, 0) is 43.5 Å². The molecule has 2 aromatic carbocycles. The fraction of sp³-hybridized carbons (Fsp3) is 0.280. The van der Waals surface area contributed by atoms with Crippen LogP contribution in [0.4, 0.5) is 0 Å². The first kappa shape index (κ1) is 20.5. The van der Waals surface area contributed by atoms with E-state index in [-0.39, 0.29) is 11.2 Å². The van der Waals surface area contributed by atoms with Crippen LogP contribution >= 0.6 is 23.1 Å². The van der Waals surface area contributed by atoms with E-state index < -0.39 is 0 Å². The Morgan fingerprint density at radius 2 is 1.81 bits per heavy atom. The zero-order valence-corrected chi connectivity index (χ0v) is 19.3. The van der Waals surface area contributed by atoms with Crippen molar-refractivity contribution >= 4 is 33.3 Å². The fourth-order valence-electron chi connectivity index (χ4n) is 3.98. The first-order chi connectivity index (χ1) is 15.0. The summed E-state index contributed by atoms with van der Waals surface area (Å²) in [7, 11) is 0. The van der Waals surface area contributed by atoms with Crippen molar-refractivity contribution in [1.29, 1.82) is 0 Å². The van der Waals surface area contributed by atoms with Gasteiger partial charge in [0.2, 0.25) is 0 Å². The average molecular weight is 449 g/mol. The number of ether oxygens (including phenoxy) is 1. The topological polar surface area (TPSA) is 44.1 Å². The molecule has 0 radical (unpaired) electrons. The number of aromatic nitrogens is 2. The van der Waals surface area contributed by atoms with Gasteiger partial charge in [-0.3, -0.25) is 9.36 Å². The smallest absolute Gasteiger partial charge is 0.267 e. The molecule has 3 heterocycles. The van der Waals surface area contributed by atoms with E-state index in [1.54, 1.807) is 27.7 Å². The molecule has 5 rings (SSSR count). The first-order valence-corrected chi connectivity index (χ1v) is 12.3. The third-order valence-electron chi connectivity index (χ3n) is 5.55. The molecule has 0 saturated heterocycles. The number of fused-ring (bicyclic) bond motifs is 3. The molecule has 0 amide bonds. The summed E-state index contributed by atoms with van der Waals surface area (Å²) < 4.78 is 7.77. The minimum absolute atomic E-state index is 0.0219. The predicted octanol–water partition coefficient (Wildman–Crippen LogP) is 5.63. The highest BCUT2D eigenvalue weighted by atomic mass is 32.2. The van der Waals surface area contributed by atoms with Crippen LogP contribution in [0.15, 0.2) is 70.6 Å². The van der Waals surface area contributed by atoms with E-state index in [1.807, 2.05) is 36.4 Å². The summed E-state index contributed by atoms with van der Waals surface area (Å²) in [5, 5.41) is 1.51. The summed E-state index contributed by atoms with van der Waals surface area (Å²) in [6.45, 7) is 4.71. The number of benzene rings is 2. The molecule has 0 saturated carbocycles. The summed E-state index contributed by atoms with van der Waals surface area (Å²) in [5.41, 5.74) is 3.01. The Kier molecular flexibility index (Phi) is 5.46. The molecule has 0 fully saturated rings. The van der Waals surface area contributed by atoms with Crippen LogP contribution in [0.2, 0.25) is 0 Å². The number of aryl methyl sites for hydroxylation is 1. The molecule has 1 aliphatic heterocycles. The van der Waals surface area contributed by atoms with Gasteiger partial charge in [-0.25, -0.2) is 4.98 Å². The highest BCUT2D eigenvalue weighted by molar-refractivity contribution is 7.99. The van der Waals surface area contributed by atoms with Crippen molar-refractivity contribution in [3.05, 3.63) is 87.0 Å². The van der Waals surface area contributed by atoms with Gasteiger partial charge in [-0.15, -0.1) is 11.3 Å². The van der Waals surface area contributed by atoms with Gasteiger partial charge in [0.15, 0.2) is 5.16 Å². The Morgan fingerprint density at radius 3 is 2.55 bits per heavy atom. The van der Waals surface area contributed by atoms with Crippen LogP contribution in [0.5, 0.6) is 0 Å². The van der Waals surface area contributed by atoms with E-state index >= 15 is 0 Å². The zero-order valence-electron chi connectivity index (χ0n) is 17.6. The number of rotatable bonds is 5. The van der Waals surface area contributed by atoms with E-state index in [4.69, 9.17) is 9.72 Å². The summed E-state index contributed by atoms with van der Waals surface area (Å²) >= 11 is 3.24. The zero-order chi connectivity index (χ0) is 21.4. The van der Waals surface area contributed by atoms with E-state index in [1.165, 1.54) is 5.56 Å². The lowest BCUT2D eigenvalue weighted by Crippen LogP contribution is -2.32. The Labute approximate surface area is 189 Å². The van der Waals surface area contributed by atoms with Crippen molar-refractivity contribution in [3.8, 4) is 5.69 Å². The molecule has 6 heteroatoms. The molecule has 0 aliphatic carbocycles. The first-order valence-electron chi connectivity index (χ1n) is 10.5. The van der Waals surface area contributed by atoms with Crippen LogP contribution in [-0.4, -0.2) is 20.9 Å². The predicted molar refractivity (Wildman–Crippen MR) is 129 cm³/mol. The van der Waals surface area contributed by atoms with Gasteiger partial charge in [-0.1, -0.05) is 60.3 Å². The molecule has 0 bridgehead atoms. The molecule has 0 N–H and O–H groups in total. The van der Waals surface area contributed by atoms with Crippen LogP contribution in [0, 0.1) is 0 Å². The normalized spacial score (nSPS) is 15.2. The minimum atomic E-state index is -0.270. The Morgan fingerprint density at radius 1 is 1.10 bits per heavy atom. The van der Waals surface area contributed by atoms with Crippen molar-refractivity contribution in [3.63, 3.8) is 0 Å². The maximum absolute atomic E-state index is 13.8. The van der Waals surface area contributed by atoms with Crippen LogP contribution < -0.4 is 5.56 Å². The number of hydrogen-bond donors (Lipinski definition) is 0. The third kappa shape index (κ3) is 4.07. The van der Waals surface area contributed by atoms with Gasteiger partial charge >= 0.3 is 0 Å². The van der Waals surface area contributed by atoms with Gasteiger partial charge in [0, 0.05) is 17.1 Å². The largest absolute Gasteiger partial charge is 0.370 e. The number of para-hydroxylation sites is 1. The summed E-state index contributed by atoms with van der Waals surface area (Å²) in [6.07, 6.45) is 1.66. The van der Waals surface area contributed by atoms with Crippen molar-refractivity contribution in [2.75, 3.05) is 5.75 Å². The number of hydrogen-bond acceptors (Lipinski definition) is 5. The van der Waals surface area contributed by atoms with Crippen LogP contribution in [0.1, 0.15) is 29.9 Å². The van der Waals surface area contributed by atoms with Gasteiger partial charge in [0.25, 0.3) is 5.56 Å². The number of thiophene rings is 1. The van der Waals surface area contributed by atoms with Crippen LogP contribution in [0.3, 0.4) is 0 Å². The number of nitrogens with zero attached hydrogens (tertiary/aromatic N) is 2. The van der Waals surface area contributed by atoms with Crippen LogP contribution in [-0.2, 0) is 24.2 Å². The highest BCUT2D eigenvalue weighted by Crippen LogP contribution is 2.38. The molecular formula is C25H24N2O2S2. The fourth-order valence-corrected chi connectivity index (χ4v) is 6.13. The molecule has 0 spiro atoms. The Balaban J connectivity index is 1.60. The SMILES string of the molecule is CC1(C)Cc2c(sc3nc(SCCc4ccccc4)n(-c4ccccc4)c(=O)c23)CO1. The summed E-state index contributed by atoms with van der Waals surface area (Å²) in [4.78, 5) is 20.7. The summed E-state index contributed by atoms with van der Waals surface area (Å²) in [6, 6.07) is 20.3. The Hall–Kier alpha value is -2.41. The molecule has 1 aliphatic rings. The van der Waals surface area contributed by atoms with Crippen LogP contribution in [0.25, 0.3) is 15.9 Å². The second kappa shape index (κ2) is 8.26. The average Bonchev–Trinajstić information content (AvgIpc) is 3.12. The molecule has 158 valence electrons. The second-order valence-electron chi connectivity index (χ2n) is 8.36. The van der Waals surface area contributed by atoms with E-state index in [9.17, 15) is 4.79 Å². The summed E-state index contributed by atoms with van der Waals surface area (Å²) in [5.74, 6) is 0.857. The molecule has 2 aromatic heterocycles. The lowest BCUT2D eigenvalue weighted by Gasteiger charge is -2.29. The van der Waals surface area contributed by atoms with E-state index in [2.05, 4.69) is 38.1 Å². The highest BCUT2D eigenvalue weighted by Gasteiger charge is 2.31. The van der Waals surface area contributed by atoms with Gasteiger partial charge in [0.1, 0.15) is 4.83 Å². The van der Waals surface area contributed by atoms with E-state index in [0.717, 1.165) is 50.1 Å². The van der Waals surface area contributed by atoms with Crippen molar-refractivity contribution in [1.82, 2.24) is 9.55 Å². The molecule has 4 aromatic rings. The van der Waals surface area contributed by atoms with Crippen molar-refractivity contribution < 1.29 is 4.74 Å². The van der Waals surface area contributed by atoms with Gasteiger partial charge < -0.3 is 4.74 Å². The van der Waals surface area contributed by atoms with Crippen molar-refractivity contribution in [2.45, 2.75) is 44.1 Å². The standard InChI is InChI=1S/C25H24N2O2S2/c1-25(2)15-19-20(16-29-25)31-22-21(19)23(28)27(18-11-7-4-8-12-18)24(26-22)30-14-13-17-9-5-3-6-10-17/h3-12H,13-16H2,1-2H3. The molecule has 4 nitrogen and oxygen atoms in total. The lowest BCUT2D eigenvalue weighted by atomic mass is 9.94. The monoisotopic (exact) mass is 448 g/mol. The van der Waals surface area contributed by atoms with Gasteiger partial charge in [0.05, 0.1) is 23.3 Å². The van der Waals surface area contributed by atoms with E-state index in [0.29, 0.717) is 6.61 Å². The Bertz CT molecular complexity index is 1280. The second-order valence-corrected chi connectivity index (χ2v) is 10.5. The maximum Gasteiger partial charge on any atom is 0.267 e. The molecule has 31 heavy (non-hydrogen) atoms. The molecule has 0 atom stereocenters. The molecule has 0 unspecified atom stereocenters. The maximum atomic E-state index is 13.8.